The molecule has 0 atom stereocenters. The summed E-state index contributed by atoms with van der Waals surface area (Å²) in [7, 11) is 0. The van der Waals surface area contributed by atoms with Crippen molar-refractivity contribution in [2.75, 3.05) is 11.9 Å². The summed E-state index contributed by atoms with van der Waals surface area (Å²) in [5, 5.41) is 3.90. The molecule has 0 aliphatic carbocycles. The average Bonchev–Trinajstić information content (AvgIpc) is 2.32. The van der Waals surface area contributed by atoms with Gasteiger partial charge in [-0.1, -0.05) is 41.4 Å². The highest BCUT2D eigenvalue weighted by molar-refractivity contribution is 6.32. The Balaban J connectivity index is 1.90. The molecule has 0 amide bonds. The zero-order valence-electron chi connectivity index (χ0n) is 9.78. The Labute approximate surface area is 107 Å². The minimum absolute atomic E-state index is 0.664. The number of benzene rings is 1. The third kappa shape index (κ3) is 3.46. The number of nitrogens with zero attached hydrogens (tertiary/aromatic N) is 1. The molecule has 1 aromatic heterocycles. The van der Waals surface area contributed by atoms with E-state index in [4.69, 9.17) is 11.6 Å². The van der Waals surface area contributed by atoms with Gasteiger partial charge in [-0.25, -0.2) is 4.98 Å². The summed E-state index contributed by atoms with van der Waals surface area (Å²) >= 11 is 6.01. The molecule has 0 saturated heterocycles. The third-order valence-electron chi connectivity index (χ3n) is 2.55. The molecule has 0 fully saturated rings. The van der Waals surface area contributed by atoms with E-state index in [0.717, 1.165) is 18.8 Å². The van der Waals surface area contributed by atoms with Crippen LogP contribution >= 0.6 is 11.6 Å². The van der Waals surface area contributed by atoms with Gasteiger partial charge in [0, 0.05) is 12.7 Å². The lowest BCUT2D eigenvalue weighted by atomic mass is 10.1. The monoisotopic (exact) mass is 246 g/mol. The predicted octanol–water partition coefficient (Wildman–Crippen LogP) is 3.70. The van der Waals surface area contributed by atoms with Gasteiger partial charge in [-0.2, -0.15) is 0 Å². The quantitative estimate of drug-likeness (QED) is 0.890. The van der Waals surface area contributed by atoms with Crippen molar-refractivity contribution in [3.8, 4) is 0 Å². The molecule has 2 nitrogen and oxygen atoms in total. The van der Waals surface area contributed by atoms with Crippen molar-refractivity contribution in [3.63, 3.8) is 0 Å². The SMILES string of the molecule is Cc1cccc(CCNc2ncccc2Cl)c1. The molecule has 0 bridgehead atoms. The second-order valence-electron chi connectivity index (χ2n) is 4.00. The summed E-state index contributed by atoms with van der Waals surface area (Å²) in [4.78, 5) is 4.18. The van der Waals surface area contributed by atoms with Crippen molar-refractivity contribution in [2.45, 2.75) is 13.3 Å². The van der Waals surface area contributed by atoms with Gasteiger partial charge in [0.05, 0.1) is 5.02 Å². The maximum Gasteiger partial charge on any atom is 0.144 e. The number of hydrogen-bond acceptors (Lipinski definition) is 2. The van der Waals surface area contributed by atoms with Crippen LogP contribution < -0.4 is 5.32 Å². The number of rotatable bonds is 4. The molecule has 0 spiro atoms. The first-order valence-electron chi connectivity index (χ1n) is 5.65. The normalized spacial score (nSPS) is 10.2. The minimum atomic E-state index is 0.664. The summed E-state index contributed by atoms with van der Waals surface area (Å²) in [5.41, 5.74) is 2.61. The van der Waals surface area contributed by atoms with E-state index >= 15 is 0 Å². The van der Waals surface area contributed by atoms with E-state index in [-0.39, 0.29) is 0 Å². The van der Waals surface area contributed by atoms with Crippen molar-refractivity contribution in [3.05, 3.63) is 58.7 Å². The molecule has 0 saturated carbocycles. The van der Waals surface area contributed by atoms with Crippen LogP contribution in [0.3, 0.4) is 0 Å². The Morgan fingerprint density at radius 3 is 2.88 bits per heavy atom. The largest absolute Gasteiger partial charge is 0.369 e. The Kier molecular flexibility index (Phi) is 3.99. The van der Waals surface area contributed by atoms with E-state index < -0.39 is 0 Å². The number of halogens is 1. The van der Waals surface area contributed by atoms with Gasteiger partial charge >= 0.3 is 0 Å². The Morgan fingerprint density at radius 1 is 1.24 bits per heavy atom. The van der Waals surface area contributed by atoms with Gasteiger partial charge in [-0.05, 0) is 31.0 Å². The molecule has 0 radical (unpaired) electrons. The molecule has 3 heteroatoms. The average molecular weight is 247 g/mol. The van der Waals surface area contributed by atoms with Crippen molar-refractivity contribution >= 4 is 17.4 Å². The maximum atomic E-state index is 6.01. The van der Waals surface area contributed by atoms with Gasteiger partial charge < -0.3 is 5.32 Å². The molecule has 0 aliphatic heterocycles. The zero-order valence-corrected chi connectivity index (χ0v) is 10.5. The van der Waals surface area contributed by atoms with Crippen LogP contribution in [0.15, 0.2) is 42.6 Å². The van der Waals surface area contributed by atoms with Crippen LogP contribution in [0.5, 0.6) is 0 Å². The van der Waals surface area contributed by atoms with E-state index in [1.54, 1.807) is 6.20 Å². The number of pyridine rings is 1. The van der Waals surface area contributed by atoms with Crippen molar-refractivity contribution in [2.24, 2.45) is 0 Å². The molecular formula is C14H15ClN2. The number of aromatic nitrogens is 1. The van der Waals surface area contributed by atoms with E-state index in [2.05, 4.69) is 41.5 Å². The van der Waals surface area contributed by atoms with Crippen molar-refractivity contribution in [1.29, 1.82) is 0 Å². The van der Waals surface area contributed by atoms with Crippen LogP contribution in [-0.4, -0.2) is 11.5 Å². The molecule has 88 valence electrons. The molecule has 1 N–H and O–H groups in total. The predicted molar refractivity (Wildman–Crippen MR) is 72.6 cm³/mol. The number of anilines is 1. The lowest BCUT2D eigenvalue weighted by Gasteiger charge is -2.07. The standard InChI is InChI=1S/C14H15ClN2/c1-11-4-2-5-12(10-11)7-9-17-14-13(15)6-3-8-16-14/h2-6,8,10H,7,9H2,1H3,(H,16,17). The second-order valence-corrected chi connectivity index (χ2v) is 4.41. The van der Waals surface area contributed by atoms with Crippen LogP contribution in [0, 0.1) is 6.92 Å². The lowest BCUT2D eigenvalue weighted by Crippen LogP contribution is -2.06. The van der Waals surface area contributed by atoms with Gasteiger partial charge in [0.15, 0.2) is 0 Å². The number of nitrogens with one attached hydrogen (secondary N) is 1. The highest BCUT2D eigenvalue weighted by Gasteiger charge is 1.99. The van der Waals surface area contributed by atoms with Crippen LogP contribution in [0.2, 0.25) is 5.02 Å². The van der Waals surface area contributed by atoms with E-state index in [1.807, 2.05) is 12.1 Å². The van der Waals surface area contributed by atoms with Crippen molar-refractivity contribution in [1.82, 2.24) is 4.98 Å². The van der Waals surface area contributed by atoms with Crippen molar-refractivity contribution < 1.29 is 0 Å². The van der Waals surface area contributed by atoms with Crippen LogP contribution in [0.4, 0.5) is 5.82 Å². The van der Waals surface area contributed by atoms with Gasteiger partial charge in [-0.15, -0.1) is 0 Å². The number of hydrogen-bond donors (Lipinski definition) is 1. The van der Waals surface area contributed by atoms with Gasteiger partial charge in [0.1, 0.15) is 5.82 Å². The third-order valence-corrected chi connectivity index (χ3v) is 2.85. The first kappa shape index (κ1) is 11.9. The summed E-state index contributed by atoms with van der Waals surface area (Å²) < 4.78 is 0. The Morgan fingerprint density at radius 2 is 2.12 bits per heavy atom. The topological polar surface area (TPSA) is 24.9 Å². The zero-order chi connectivity index (χ0) is 12.1. The first-order valence-corrected chi connectivity index (χ1v) is 6.03. The highest BCUT2D eigenvalue weighted by Crippen LogP contribution is 2.17. The second kappa shape index (κ2) is 5.69. The van der Waals surface area contributed by atoms with Gasteiger partial charge in [0.25, 0.3) is 0 Å². The van der Waals surface area contributed by atoms with Gasteiger partial charge in [0.2, 0.25) is 0 Å². The fourth-order valence-electron chi connectivity index (χ4n) is 1.71. The summed E-state index contributed by atoms with van der Waals surface area (Å²) in [6.07, 6.45) is 2.70. The lowest BCUT2D eigenvalue weighted by molar-refractivity contribution is 1.00. The van der Waals surface area contributed by atoms with Crippen LogP contribution in [-0.2, 0) is 6.42 Å². The highest BCUT2D eigenvalue weighted by atomic mass is 35.5. The first-order chi connectivity index (χ1) is 8.25. The van der Waals surface area contributed by atoms with E-state index in [9.17, 15) is 0 Å². The molecule has 2 rings (SSSR count). The molecule has 1 heterocycles. The smallest absolute Gasteiger partial charge is 0.144 e. The molecule has 2 aromatic rings. The summed E-state index contributed by atoms with van der Waals surface area (Å²) in [6.45, 7) is 2.94. The molecule has 17 heavy (non-hydrogen) atoms. The Bertz CT molecular complexity index is 497. The molecule has 0 unspecified atom stereocenters. The maximum absolute atomic E-state index is 6.01. The molecule has 0 aliphatic rings. The molecular weight excluding hydrogens is 232 g/mol. The fraction of sp³-hybridized carbons (Fsp3) is 0.214. The fourth-order valence-corrected chi connectivity index (χ4v) is 1.90. The van der Waals surface area contributed by atoms with Crippen LogP contribution in [0.25, 0.3) is 0 Å². The van der Waals surface area contributed by atoms with Gasteiger partial charge in [-0.3, -0.25) is 0 Å². The minimum Gasteiger partial charge on any atom is -0.369 e. The Hall–Kier alpha value is -1.54. The number of aryl methyl sites for hydroxylation is 1. The van der Waals surface area contributed by atoms with E-state index in [1.165, 1.54) is 11.1 Å². The molecule has 1 aromatic carbocycles. The van der Waals surface area contributed by atoms with E-state index in [0.29, 0.717) is 5.02 Å². The van der Waals surface area contributed by atoms with Crippen LogP contribution in [0.1, 0.15) is 11.1 Å². The summed E-state index contributed by atoms with van der Waals surface area (Å²) in [5.74, 6) is 0.752. The summed E-state index contributed by atoms with van der Waals surface area (Å²) in [6, 6.07) is 12.2.